The summed E-state index contributed by atoms with van der Waals surface area (Å²) in [6.45, 7) is 4.24. The van der Waals surface area contributed by atoms with Crippen LogP contribution in [0.15, 0.2) is 48.5 Å². The third kappa shape index (κ3) is 3.16. The number of nitrogens with zero attached hydrogens (tertiary/aromatic N) is 1. The predicted octanol–water partition coefficient (Wildman–Crippen LogP) is 4.63. The first-order valence-electron chi connectivity index (χ1n) is 6.62. The fourth-order valence-corrected chi connectivity index (χ4v) is 2.00. The number of nitriles is 1. The summed E-state index contributed by atoms with van der Waals surface area (Å²) >= 11 is 0. The third-order valence-corrected chi connectivity index (χ3v) is 3.24. The number of hydrogen-bond acceptors (Lipinski definition) is 2. The van der Waals surface area contributed by atoms with Crippen LogP contribution < -0.4 is 5.32 Å². The molecule has 0 spiro atoms. The lowest BCUT2D eigenvalue weighted by Crippen LogP contribution is -2.09. The normalized spacial score (nSPS) is 11.9. The van der Waals surface area contributed by atoms with Crippen LogP contribution in [0.5, 0.6) is 0 Å². The van der Waals surface area contributed by atoms with Gasteiger partial charge in [0.1, 0.15) is 11.9 Å². The van der Waals surface area contributed by atoms with Gasteiger partial charge in [0.15, 0.2) is 0 Å². The van der Waals surface area contributed by atoms with Gasteiger partial charge in [-0.15, -0.1) is 0 Å². The zero-order chi connectivity index (χ0) is 14.5. The monoisotopic (exact) mass is 268 g/mol. The van der Waals surface area contributed by atoms with Gasteiger partial charge in [0, 0.05) is 0 Å². The van der Waals surface area contributed by atoms with Gasteiger partial charge in [-0.05, 0) is 29.2 Å². The summed E-state index contributed by atoms with van der Waals surface area (Å²) in [4.78, 5) is 0. The lowest BCUT2D eigenvalue weighted by Gasteiger charge is -2.15. The Kier molecular flexibility index (Phi) is 4.37. The summed E-state index contributed by atoms with van der Waals surface area (Å²) in [6, 6.07) is 15.8. The van der Waals surface area contributed by atoms with Crippen molar-refractivity contribution in [2.45, 2.75) is 25.8 Å². The number of benzene rings is 2. The van der Waals surface area contributed by atoms with E-state index in [1.54, 1.807) is 18.2 Å². The van der Waals surface area contributed by atoms with E-state index >= 15 is 0 Å². The first-order chi connectivity index (χ1) is 9.61. The molecule has 20 heavy (non-hydrogen) atoms. The van der Waals surface area contributed by atoms with Crippen LogP contribution in [0.2, 0.25) is 0 Å². The molecular weight excluding hydrogens is 251 g/mol. The Hall–Kier alpha value is -2.34. The van der Waals surface area contributed by atoms with E-state index in [2.05, 4.69) is 25.2 Å². The van der Waals surface area contributed by atoms with Crippen LogP contribution >= 0.6 is 0 Å². The molecule has 2 nitrogen and oxygen atoms in total. The Labute approximate surface area is 118 Å². The van der Waals surface area contributed by atoms with Crippen molar-refractivity contribution < 1.29 is 4.39 Å². The lowest BCUT2D eigenvalue weighted by atomic mass is 9.99. The summed E-state index contributed by atoms with van der Waals surface area (Å²) < 4.78 is 13.6. The standard InChI is InChI=1S/C17H17FN2/c1-12(2)13-7-9-14(10-8-13)17(11-19)20-16-6-4-3-5-15(16)18/h3-10,12,17,20H,1-2H3. The second kappa shape index (κ2) is 6.21. The first-order valence-corrected chi connectivity index (χ1v) is 6.62. The maximum Gasteiger partial charge on any atom is 0.146 e. The molecule has 0 fully saturated rings. The molecule has 3 heteroatoms. The van der Waals surface area contributed by atoms with Gasteiger partial charge in [-0.1, -0.05) is 50.2 Å². The molecule has 0 saturated heterocycles. The Morgan fingerprint density at radius 2 is 1.60 bits per heavy atom. The molecule has 0 heterocycles. The Balaban J connectivity index is 2.21. The van der Waals surface area contributed by atoms with Crippen LogP contribution in [0.1, 0.15) is 36.9 Å². The molecule has 1 N–H and O–H groups in total. The van der Waals surface area contributed by atoms with E-state index in [-0.39, 0.29) is 5.82 Å². The highest BCUT2D eigenvalue weighted by molar-refractivity contribution is 5.48. The lowest BCUT2D eigenvalue weighted by molar-refractivity contribution is 0.629. The fourth-order valence-electron chi connectivity index (χ4n) is 2.00. The molecule has 0 aliphatic rings. The van der Waals surface area contributed by atoms with Crippen molar-refractivity contribution in [3.05, 3.63) is 65.5 Å². The molecule has 2 aromatic rings. The molecular formula is C17H17FN2. The minimum Gasteiger partial charge on any atom is -0.364 e. The quantitative estimate of drug-likeness (QED) is 0.877. The molecule has 1 atom stereocenters. The highest BCUT2D eigenvalue weighted by Gasteiger charge is 2.12. The van der Waals surface area contributed by atoms with Gasteiger partial charge in [0.25, 0.3) is 0 Å². The van der Waals surface area contributed by atoms with Crippen LogP contribution in [0, 0.1) is 17.1 Å². The Bertz CT molecular complexity index is 612. The van der Waals surface area contributed by atoms with Crippen molar-refractivity contribution in [2.24, 2.45) is 0 Å². The van der Waals surface area contributed by atoms with E-state index in [1.165, 1.54) is 11.6 Å². The summed E-state index contributed by atoms with van der Waals surface area (Å²) in [5.74, 6) is 0.0932. The number of anilines is 1. The highest BCUT2D eigenvalue weighted by Crippen LogP contribution is 2.23. The van der Waals surface area contributed by atoms with E-state index in [4.69, 9.17) is 0 Å². The van der Waals surface area contributed by atoms with Crippen LogP contribution in [0.4, 0.5) is 10.1 Å². The molecule has 2 rings (SSSR count). The molecule has 0 amide bonds. The number of hydrogen-bond donors (Lipinski definition) is 1. The van der Waals surface area contributed by atoms with E-state index < -0.39 is 6.04 Å². The molecule has 0 aliphatic carbocycles. The molecule has 0 aromatic heterocycles. The van der Waals surface area contributed by atoms with Gasteiger partial charge in [-0.2, -0.15) is 5.26 Å². The largest absolute Gasteiger partial charge is 0.364 e. The van der Waals surface area contributed by atoms with Crippen molar-refractivity contribution in [3.63, 3.8) is 0 Å². The third-order valence-electron chi connectivity index (χ3n) is 3.24. The van der Waals surface area contributed by atoms with Crippen molar-refractivity contribution in [1.82, 2.24) is 0 Å². The number of halogens is 1. The van der Waals surface area contributed by atoms with Gasteiger partial charge in [-0.25, -0.2) is 4.39 Å². The average molecular weight is 268 g/mol. The molecule has 0 radical (unpaired) electrons. The number of rotatable bonds is 4. The van der Waals surface area contributed by atoms with Crippen molar-refractivity contribution >= 4 is 5.69 Å². The average Bonchev–Trinajstić information content (AvgIpc) is 2.46. The van der Waals surface area contributed by atoms with E-state index in [1.807, 2.05) is 24.3 Å². The minimum absolute atomic E-state index is 0.340. The summed E-state index contributed by atoms with van der Waals surface area (Å²) in [5.41, 5.74) is 2.39. The Morgan fingerprint density at radius 1 is 1.00 bits per heavy atom. The first kappa shape index (κ1) is 14.1. The summed E-state index contributed by atoms with van der Waals surface area (Å²) in [5, 5.41) is 12.2. The van der Waals surface area contributed by atoms with Crippen molar-refractivity contribution in [1.29, 1.82) is 5.26 Å². The summed E-state index contributed by atoms with van der Waals surface area (Å²) in [6.07, 6.45) is 0. The molecule has 1 unspecified atom stereocenters. The molecule has 0 saturated carbocycles. The molecule has 0 bridgehead atoms. The van der Waals surface area contributed by atoms with Crippen LogP contribution in [-0.4, -0.2) is 0 Å². The zero-order valence-electron chi connectivity index (χ0n) is 11.6. The number of nitrogens with one attached hydrogen (secondary N) is 1. The molecule has 102 valence electrons. The van der Waals surface area contributed by atoms with Gasteiger partial charge >= 0.3 is 0 Å². The topological polar surface area (TPSA) is 35.8 Å². The Morgan fingerprint density at radius 3 is 2.15 bits per heavy atom. The van der Waals surface area contributed by atoms with Crippen molar-refractivity contribution in [2.75, 3.05) is 5.32 Å². The minimum atomic E-state index is -0.562. The van der Waals surface area contributed by atoms with Crippen LogP contribution in [0.3, 0.4) is 0 Å². The fraction of sp³-hybridized carbons (Fsp3) is 0.235. The zero-order valence-corrected chi connectivity index (χ0v) is 11.6. The van der Waals surface area contributed by atoms with Gasteiger partial charge < -0.3 is 5.32 Å². The SMILES string of the molecule is CC(C)c1ccc(C(C#N)Nc2ccccc2F)cc1. The van der Waals surface area contributed by atoms with Crippen molar-refractivity contribution in [3.8, 4) is 6.07 Å². The predicted molar refractivity (Wildman–Crippen MR) is 78.9 cm³/mol. The van der Waals surface area contributed by atoms with Gasteiger partial charge in [-0.3, -0.25) is 0 Å². The van der Waals surface area contributed by atoms with Crippen LogP contribution in [-0.2, 0) is 0 Å². The van der Waals surface area contributed by atoms with E-state index in [9.17, 15) is 9.65 Å². The maximum atomic E-state index is 13.6. The van der Waals surface area contributed by atoms with E-state index in [0.29, 0.717) is 11.6 Å². The van der Waals surface area contributed by atoms with Crippen LogP contribution in [0.25, 0.3) is 0 Å². The second-order valence-corrected chi connectivity index (χ2v) is 5.01. The van der Waals surface area contributed by atoms with Gasteiger partial charge in [0.2, 0.25) is 0 Å². The van der Waals surface area contributed by atoms with Gasteiger partial charge in [0.05, 0.1) is 11.8 Å². The smallest absolute Gasteiger partial charge is 0.146 e. The molecule has 0 aliphatic heterocycles. The van der Waals surface area contributed by atoms with E-state index in [0.717, 1.165) is 5.56 Å². The maximum absolute atomic E-state index is 13.6. The number of para-hydroxylation sites is 1. The second-order valence-electron chi connectivity index (χ2n) is 5.01. The highest BCUT2D eigenvalue weighted by atomic mass is 19.1. The summed E-state index contributed by atoms with van der Waals surface area (Å²) in [7, 11) is 0. The molecule has 2 aromatic carbocycles.